The molecular formula is C14H12N4O2. The van der Waals surface area contributed by atoms with Gasteiger partial charge in [0.05, 0.1) is 13.7 Å². The van der Waals surface area contributed by atoms with Crippen LogP contribution in [0.3, 0.4) is 0 Å². The van der Waals surface area contributed by atoms with Crippen molar-refractivity contribution in [3.05, 3.63) is 58.9 Å². The van der Waals surface area contributed by atoms with Gasteiger partial charge >= 0.3 is 0 Å². The van der Waals surface area contributed by atoms with Gasteiger partial charge in [0.1, 0.15) is 12.1 Å². The van der Waals surface area contributed by atoms with Crippen molar-refractivity contribution >= 4 is 11.2 Å². The highest BCUT2D eigenvalue weighted by Crippen LogP contribution is 2.11. The Balaban J connectivity index is 1.98. The van der Waals surface area contributed by atoms with Crippen molar-refractivity contribution in [1.29, 1.82) is 0 Å². The Labute approximate surface area is 114 Å². The molecule has 6 heteroatoms. The number of ether oxygens (including phenoxy) is 1. The molecule has 3 rings (SSSR count). The predicted octanol–water partition coefficient (Wildman–Crippen LogP) is 1.24. The van der Waals surface area contributed by atoms with Crippen molar-refractivity contribution in [1.82, 2.24) is 19.5 Å². The molecule has 0 aliphatic carbocycles. The van der Waals surface area contributed by atoms with Crippen molar-refractivity contribution in [2.45, 2.75) is 6.54 Å². The van der Waals surface area contributed by atoms with E-state index in [1.165, 1.54) is 23.3 Å². The van der Waals surface area contributed by atoms with Gasteiger partial charge in [-0.2, -0.15) is 0 Å². The van der Waals surface area contributed by atoms with Crippen LogP contribution in [-0.4, -0.2) is 26.6 Å². The van der Waals surface area contributed by atoms with Crippen LogP contribution in [-0.2, 0) is 6.54 Å². The Morgan fingerprint density at radius 2 is 1.85 bits per heavy atom. The molecule has 6 nitrogen and oxygen atoms in total. The number of aromatic nitrogens is 4. The lowest BCUT2D eigenvalue weighted by molar-refractivity contribution is 0.414. The summed E-state index contributed by atoms with van der Waals surface area (Å²) in [6, 6.07) is 7.53. The van der Waals surface area contributed by atoms with Crippen LogP contribution in [0.15, 0.2) is 47.8 Å². The average Bonchev–Trinajstić information content (AvgIpc) is 2.51. The van der Waals surface area contributed by atoms with Gasteiger partial charge in [-0.15, -0.1) is 0 Å². The van der Waals surface area contributed by atoms with Gasteiger partial charge in [0, 0.05) is 12.4 Å². The summed E-state index contributed by atoms with van der Waals surface area (Å²) in [5.41, 5.74) is 1.43. The van der Waals surface area contributed by atoms with E-state index < -0.39 is 0 Å². The van der Waals surface area contributed by atoms with Crippen LogP contribution in [0.25, 0.3) is 11.2 Å². The third kappa shape index (κ3) is 2.23. The second kappa shape index (κ2) is 5.08. The number of hydrogen-bond acceptors (Lipinski definition) is 5. The molecule has 0 saturated heterocycles. The molecule has 0 spiro atoms. The van der Waals surface area contributed by atoms with Gasteiger partial charge in [-0.1, -0.05) is 12.1 Å². The van der Waals surface area contributed by atoms with Crippen LogP contribution in [0.4, 0.5) is 0 Å². The van der Waals surface area contributed by atoms with Crippen molar-refractivity contribution in [2.24, 2.45) is 0 Å². The molecule has 2 heterocycles. The molecule has 0 N–H and O–H groups in total. The molecule has 0 aliphatic rings. The zero-order valence-corrected chi connectivity index (χ0v) is 10.9. The third-order valence-corrected chi connectivity index (χ3v) is 2.97. The van der Waals surface area contributed by atoms with E-state index in [1.54, 1.807) is 7.11 Å². The zero-order valence-electron chi connectivity index (χ0n) is 10.9. The molecule has 0 aliphatic heterocycles. The Hall–Kier alpha value is -2.76. The molecule has 0 bridgehead atoms. The molecule has 3 aromatic rings. The van der Waals surface area contributed by atoms with Crippen molar-refractivity contribution < 1.29 is 4.74 Å². The highest BCUT2D eigenvalue weighted by Gasteiger charge is 2.06. The van der Waals surface area contributed by atoms with Gasteiger partial charge in [0.25, 0.3) is 5.56 Å². The van der Waals surface area contributed by atoms with Gasteiger partial charge in [-0.3, -0.25) is 9.36 Å². The van der Waals surface area contributed by atoms with E-state index in [0.717, 1.165) is 11.3 Å². The summed E-state index contributed by atoms with van der Waals surface area (Å²) in [6.07, 6.45) is 4.50. The predicted molar refractivity (Wildman–Crippen MR) is 73.7 cm³/mol. The van der Waals surface area contributed by atoms with Crippen molar-refractivity contribution in [3.8, 4) is 5.75 Å². The van der Waals surface area contributed by atoms with Crippen LogP contribution in [0.1, 0.15) is 5.56 Å². The number of rotatable bonds is 3. The van der Waals surface area contributed by atoms with Gasteiger partial charge in [0.2, 0.25) is 0 Å². The van der Waals surface area contributed by atoms with Crippen LogP contribution >= 0.6 is 0 Å². The number of hydrogen-bond donors (Lipinski definition) is 0. The van der Waals surface area contributed by atoms with E-state index in [1.807, 2.05) is 24.3 Å². The van der Waals surface area contributed by atoms with E-state index in [2.05, 4.69) is 15.0 Å². The average molecular weight is 268 g/mol. The Bertz CT molecular complexity index is 796. The number of fused-ring (bicyclic) bond motifs is 1. The maximum Gasteiger partial charge on any atom is 0.281 e. The lowest BCUT2D eigenvalue weighted by atomic mass is 10.2. The first-order chi connectivity index (χ1) is 9.78. The smallest absolute Gasteiger partial charge is 0.281 e. The number of methoxy groups -OCH3 is 1. The second-order valence-electron chi connectivity index (χ2n) is 4.25. The lowest BCUT2D eigenvalue weighted by Gasteiger charge is -2.06. The highest BCUT2D eigenvalue weighted by molar-refractivity contribution is 5.66. The van der Waals surface area contributed by atoms with Crippen LogP contribution in [0.2, 0.25) is 0 Å². The number of benzene rings is 1. The molecule has 0 radical (unpaired) electrons. The SMILES string of the molecule is COc1ccc(Cn2cnc3nccnc3c2=O)cc1. The van der Waals surface area contributed by atoms with Crippen molar-refractivity contribution in [2.75, 3.05) is 7.11 Å². The van der Waals surface area contributed by atoms with E-state index in [4.69, 9.17) is 4.74 Å². The van der Waals surface area contributed by atoms with Gasteiger partial charge in [0.15, 0.2) is 11.2 Å². The van der Waals surface area contributed by atoms with E-state index >= 15 is 0 Å². The molecular weight excluding hydrogens is 256 g/mol. The van der Waals surface area contributed by atoms with Crippen molar-refractivity contribution in [3.63, 3.8) is 0 Å². The Morgan fingerprint density at radius 1 is 1.10 bits per heavy atom. The summed E-state index contributed by atoms with van der Waals surface area (Å²) in [6.45, 7) is 0.433. The first-order valence-corrected chi connectivity index (χ1v) is 6.07. The summed E-state index contributed by atoms with van der Waals surface area (Å²) >= 11 is 0. The lowest BCUT2D eigenvalue weighted by Crippen LogP contribution is -2.22. The quantitative estimate of drug-likeness (QED) is 0.715. The molecule has 1 aromatic carbocycles. The molecule has 0 unspecified atom stereocenters. The first kappa shape index (κ1) is 12.3. The minimum absolute atomic E-state index is 0.195. The molecule has 0 atom stereocenters. The molecule has 0 saturated carbocycles. The standard InChI is InChI=1S/C14H12N4O2/c1-20-11-4-2-10(3-5-11)8-18-9-17-13-12(14(18)19)15-6-7-16-13/h2-7,9H,8H2,1H3. The topological polar surface area (TPSA) is 69.9 Å². The summed E-state index contributed by atoms with van der Waals surface area (Å²) in [4.78, 5) is 24.4. The van der Waals surface area contributed by atoms with E-state index in [9.17, 15) is 4.79 Å². The fraction of sp³-hybridized carbons (Fsp3) is 0.143. The molecule has 0 fully saturated rings. The molecule has 20 heavy (non-hydrogen) atoms. The van der Waals surface area contributed by atoms with Gasteiger partial charge < -0.3 is 4.74 Å². The van der Waals surface area contributed by atoms with Crippen LogP contribution in [0, 0.1) is 0 Å². The maximum absolute atomic E-state index is 12.3. The largest absolute Gasteiger partial charge is 0.497 e. The highest BCUT2D eigenvalue weighted by atomic mass is 16.5. The fourth-order valence-electron chi connectivity index (χ4n) is 1.93. The summed E-state index contributed by atoms with van der Waals surface area (Å²) in [7, 11) is 1.62. The monoisotopic (exact) mass is 268 g/mol. The number of nitrogens with zero attached hydrogens (tertiary/aromatic N) is 4. The van der Waals surface area contributed by atoms with Crippen LogP contribution in [0.5, 0.6) is 5.75 Å². The Kier molecular flexibility index (Phi) is 3.12. The molecule has 2 aromatic heterocycles. The Morgan fingerprint density at radius 3 is 2.60 bits per heavy atom. The maximum atomic E-state index is 12.3. The summed E-state index contributed by atoms with van der Waals surface area (Å²) < 4.78 is 6.61. The zero-order chi connectivity index (χ0) is 13.9. The summed E-state index contributed by atoms with van der Waals surface area (Å²) in [5.74, 6) is 0.781. The fourth-order valence-corrected chi connectivity index (χ4v) is 1.93. The molecule has 100 valence electrons. The summed E-state index contributed by atoms with van der Waals surface area (Å²) in [5, 5.41) is 0. The van der Waals surface area contributed by atoms with E-state index in [0.29, 0.717) is 12.2 Å². The van der Waals surface area contributed by atoms with Gasteiger partial charge in [-0.25, -0.2) is 15.0 Å². The second-order valence-corrected chi connectivity index (χ2v) is 4.25. The minimum atomic E-state index is -0.195. The normalized spacial score (nSPS) is 10.7. The van der Waals surface area contributed by atoms with E-state index in [-0.39, 0.29) is 11.1 Å². The molecule has 0 amide bonds. The first-order valence-electron chi connectivity index (χ1n) is 6.07. The van der Waals surface area contributed by atoms with Gasteiger partial charge in [-0.05, 0) is 17.7 Å². The minimum Gasteiger partial charge on any atom is -0.497 e. The third-order valence-electron chi connectivity index (χ3n) is 2.97. The van der Waals surface area contributed by atoms with Crippen LogP contribution < -0.4 is 10.3 Å².